The topological polar surface area (TPSA) is 65.5 Å². The standard InChI is InChI=1S/C20H19FN4O2S/c21-15-2-4-16(5-3-15)23-19(26)12-24-7-9-25(10-8-24)20(27)14-1-6-17-18(11-14)28-13-22-17/h1-6,11,13H,7-10,12H2,(H,23,26). The van der Waals surface area contributed by atoms with Crippen molar-refractivity contribution in [3.8, 4) is 0 Å². The van der Waals surface area contributed by atoms with E-state index in [9.17, 15) is 14.0 Å². The molecule has 1 fully saturated rings. The number of anilines is 1. The van der Waals surface area contributed by atoms with Gasteiger partial charge in [-0.25, -0.2) is 9.37 Å². The number of benzene rings is 2. The van der Waals surface area contributed by atoms with Crippen LogP contribution in [0, 0.1) is 5.82 Å². The number of piperazine rings is 1. The van der Waals surface area contributed by atoms with E-state index in [1.54, 1.807) is 5.51 Å². The van der Waals surface area contributed by atoms with Gasteiger partial charge in [0.1, 0.15) is 5.82 Å². The predicted octanol–water partition coefficient (Wildman–Crippen LogP) is 2.83. The van der Waals surface area contributed by atoms with Crippen LogP contribution in [-0.4, -0.2) is 59.3 Å². The first-order chi connectivity index (χ1) is 13.6. The van der Waals surface area contributed by atoms with Gasteiger partial charge in [-0.05, 0) is 42.5 Å². The fourth-order valence-corrected chi connectivity index (χ4v) is 3.93. The van der Waals surface area contributed by atoms with Gasteiger partial charge < -0.3 is 10.2 Å². The molecule has 28 heavy (non-hydrogen) atoms. The first kappa shape index (κ1) is 18.5. The zero-order valence-corrected chi connectivity index (χ0v) is 15.9. The predicted molar refractivity (Wildman–Crippen MR) is 107 cm³/mol. The summed E-state index contributed by atoms with van der Waals surface area (Å²) in [5.41, 5.74) is 3.91. The summed E-state index contributed by atoms with van der Waals surface area (Å²) < 4.78 is 13.9. The van der Waals surface area contributed by atoms with Gasteiger partial charge in [-0.3, -0.25) is 14.5 Å². The minimum absolute atomic E-state index is 0.00529. The van der Waals surface area contributed by atoms with Crippen LogP contribution in [0.1, 0.15) is 10.4 Å². The Morgan fingerprint density at radius 3 is 2.57 bits per heavy atom. The Morgan fingerprint density at radius 2 is 1.82 bits per heavy atom. The summed E-state index contributed by atoms with van der Waals surface area (Å²) in [6.45, 7) is 2.65. The first-order valence-corrected chi connectivity index (χ1v) is 9.87. The summed E-state index contributed by atoms with van der Waals surface area (Å²) in [5, 5.41) is 2.76. The van der Waals surface area contributed by atoms with Crippen molar-refractivity contribution >= 4 is 39.1 Å². The molecule has 1 aromatic heterocycles. The average molecular weight is 398 g/mol. The molecule has 1 aliphatic rings. The minimum atomic E-state index is -0.340. The van der Waals surface area contributed by atoms with Gasteiger partial charge >= 0.3 is 0 Å². The van der Waals surface area contributed by atoms with E-state index < -0.39 is 0 Å². The number of rotatable bonds is 4. The molecule has 8 heteroatoms. The number of amides is 2. The Bertz CT molecular complexity index is 997. The van der Waals surface area contributed by atoms with Gasteiger partial charge in [0.05, 0.1) is 22.3 Å². The van der Waals surface area contributed by atoms with E-state index in [1.165, 1.54) is 35.6 Å². The molecule has 144 valence electrons. The Labute approximate surface area is 165 Å². The third-order valence-electron chi connectivity index (χ3n) is 4.73. The number of thiazole rings is 1. The van der Waals surface area contributed by atoms with Crippen LogP contribution in [0.5, 0.6) is 0 Å². The van der Waals surface area contributed by atoms with Gasteiger partial charge in [0, 0.05) is 37.4 Å². The number of nitrogens with zero attached hydrogens (tertiary/aromatic N) is 3. The maximum Gasteiger partial charge on any atom is 0.253 e. The molecule has 2 aromatic carbocycles. The molecule has 0 radical (unpaired) electrons. The molecule has 1 N–H and O–H groups in total. The number of carbonyl (C=O) groups is 2. The van der Waals surface area contributed by atoms with Crippen LogP contribution in [0.3, 0.4) is 0 Å². The molecule has 1 saturated heterocycles. The van der Waals surface area contributed by atoms with Gasteiger partial charge in [0.25, 0.3) is 5.91 Å². The maximum atomic E-state index is 12.9. The van der Waals surface area contributed by atoms with Crippen LogP contribution in [0.15, 0.2) is 48.0 Å². The maximum absolute atomic E-state index is 12.9. The van der Waals surface area contributed by atoms with Crippen molar-refractivity contribution in [2.75, 3.05) is 38.0 Å². The van der Waals surface area contributed by atoms with Crippen molar-refractivity contribution in [2.24, 2.45) is 0 Å². The van der Waals surface area contributed by atoms with Crippen LogP contribution in [-0.2, 0) is 4.79 Å². The van der Waals surface area contributed by atoms with Gasteiger partial charge in [0.15, 0.2) is 0 Å². The van der Waals surface area contributed by atoms with E-state index in [-0.39, 0.29) is 24.2 Å². The van der Waals surface area contributed by atoms with E-state index in [4.69, 9.17) is 0 Å². The SMILES string of the molecule is O=C(CN1CCN(C(=O)c2ccc3ncsc3c2)CC1)Nc1ccc(F)cc1. The summed E-state index contributed by atoms with van der Waals surface area (Å²) in [6, 6.07) is 11.3. The van der Waals surface area contributed by atoms with Gasteiger partial charge in [0.2, 0.25) is 5.91 Å². The molecule has 0 atom stereocenters. The molecule has 1 aliphatic heterocycles. The Kier molecular flexibility index (Phi) is 5.31. The fraction of sp³-hybridized carbons (Fsp3) is 0.250. The van der Waals surface area contributed by atoms with Crippen LogP contribution < -0.4 is 5.32 Å². The van der Waals surface area contributed by atoms with Crippen molar-refractivity contribution in [1.29, 1.82) is 0 Å². The highest BCUT2D eigenvalue weighted by atomic mass is 32.1. The largest absolute Gasteiger partial charge is 0.336 e. The Hall–Kier alpha value is -2.84. The van der Waals surface area contributed by atoms with E-state index in [0.29, 0.717) is 37.4 Å². The zero-order chi connectivity index (χ0) is 19.5. The van der Waals surface area contributed by atoms with Crippen molar-refractivity contribution in [3.63, 3.8) is 0 Å². The van der Waals surface area contributed by atoms with Crippen LogP contribution in [0.4, 0.5) is 10.1 Å². The molecule has 0 spiro atoms. The molecule has 2 heterocycles. The smallest absolute Gasteiger partial charge is 0.253 e. The second-order valence-corrected chi connectivity index (χ2v) is 7.54. The summed E-state index contributed by atoms with van der Waals surface area (Å²) in [6.07, 6.45) is 0. The number of halogens is 1. The number of hydrogen-bond donors (Lipinski definition) is 1. The third-order valence-corrected chi connectivity index (χ3v) is 5.52. The van der Waals surface area contributed by atoms with Gasteiger partial charge in [-0.15, -0.1) is 11.3 Å². The Balaban J connectivity index is 1.29. The molecule has 0 unspecified atom stereocenters. The van der Waals surface area contributed by atoms with Crippen LogP contribution >= 0.6 is 11.3 Å². The summed E-state index contributed by atoms with van der Waals surface area (Å²) >= 11 is 1.52. The number of aromatic nitrogens is 1. The molecule has 0 aliphatic carbocycles. The highest BCUT2D eigenvalue weighted by Crippen LogP contribution is 2.20. The van der Waals surface area contributed by atoms with Crippen molar-refractivity contribution < 1.29 is 14.0 Å². The lowest BCUT2D eigenvalue weighted by Gasteiger charge is -2.34. The van der Waals surface area contributed by atoms with Crippen molar-refractivity contribution in [2.45, 2.75) is 0 Å². The quantitative estimate of drug-likeness (QED) is 0.734. The number of carbonyl (C=O) groups excluding carboxylic acids is 2. The summed E-state index contributed by atoms with van der Waals surface area (Å²) in [4.78, 5) is 33.0. The molecule has 6 nitrogen and oxygen atoms in total. The lowest BCUT2D eigenvalue weighted by atomic mass is 10.1. The van der Waals surface area contributed by atoms with E-state index in [1.807, 2.05) is 28.0 Å². The summed E-state index contributed by atoms with van der Waals surface area (Å²) in [7, 11) is 0. The number of hydrogen-bond acceptors (Lipinski definition) is 5. The van der Waals surface area contributed by atoms with Crippen molar-refractivity contribution in [1.82, 2.24) is 14.8 Å². The second kappa shape index (κ2) is 8.04. The van der Waals surface area contributed by atoms with Gasteiger partial charge in [-0.2, -0.15) is 0 Å². The van der Waals surface area contributed by atoms with Crippen LogP contribution in [0.25, 0.3) is 10.2 Å². The van der Waals surface area contributed by atoms with E-state index in [2.05, 4.69) is 10.3 Å². The number of nitrogens with one attached hydrogen (secondary N) is 1. The average Bonchev–Trinajstić information content (AvgIpc) is 3.17. The summed E-state index contributed by atoms with van der Waals surface area (Å²) in [5.74, 6) is -0.485. The van der Waals surface area contributed by atoms with Crippen molar-refractivity contribution in [3.05, 3.63) is 59.4 Å². The molecule has 0 bridgehead atoms. The monoisotopic (exact) mass is 398 g/mol. The molecule has 2 amide bonds. The molecule has 4 rings (SSSR count). The second-order valence-electron chi connectivity index (χ2n) is 6.66. The van der Waals surface area contributed by atoms with E-state index in [0.717, 1.165) is 10.2 Å². The minimum Gasteiger partial charge on any atom is -0.336 e. The molecule has 3 aromatic rings. The normalized spacial score (nSPS) is 15.0. The Morgan fingerprint density at radius 1 is 1.07 bits per heavy atom. The highest BCUT2D eigenvalue weighted by molar-refractivity contribution is 7.16. The molecular weight excluding hydrogens is 379 g/mol. The number of fused-ring (bicyclic) bond motifs is 1. The van der Waals surface area contributed by atoms with Gasteiger partial charge in [-0.1, -0.05) is 0 Å². The lowest BCUT2D eigenvalue weighted by molar-refractivity contribution is -0.117. The zero-order valence-electron chi connectivity index (χ0n) is 15.1. The first-order valence-electron chi connectivity index (χ1n) is 8.99. The van der Waals surface area contributed by atoms with Crippen LogP contribution in [0.2, 0.25) is 0 Å². The van der Waals surface area contributed by atoms with E-state index >= 15 is 0 Å². The molecular formula is C20H19FN4O2S. The molecule has 0 saturated carbocycles. The lowest BCUT2D eigenvalue weighted by Crippen LogP contribution is -2.50. The third kappa shape index (κ3) is 4.18. The highest BCUT2D eigenvalue weighted by Gasteiger charge is 2.23. The fourth-order valence-electron chi connectivity index (χ4n) is 3.22.